The summed E-state index contributed by atoms with van der Waals surface area (Å²) in [6.07, 6.45) is 3.18. The molecule has 94 valence electrons. The summed E-state index contributed by atoms with van der Waals surface area (Å²) in [5.41, 5.74) is 7.22. The largest absolute Gasteiger partial charge is 0.496 e. The maximum Gasteiger partial charge on any atom is 0.148 e. The van der Waals surface area contributed by atoms with Gasteiger partial charge in [0.25, 0.3) is 0 Å². The fourth-order valence-corrected chi connectivity index (χ4v) is 2.83. The van der Waals surface area contributed by atoms with Crippen molar-refractivity contribution in [3.8, 4) is 5.75 Å². The second kappa shape index (κ2) is 4.46. The zero-order chi connectivity index (χ0) is 12.6. The van der Waals surface area contributed by atoms with Crippen molar-refractivity contribution in [2.45, 2.75) is 31.6 Å². The van der Waals surface area contributed by atoms with Crippen LogP contribution in [0, 0.1) is 12.7 Å². The van der Waals surface area contributed by atoms with Gasteiger partial charge in [-0.25, -0.2) is 4.39 Å². The molecule has 0 heterocycles. The molecule has 0 radical (unpaired) electrons. The second-order valence-electron chi connectivity index (χ2n) is 4.72. The maximum atomic E-state index is 13.7. The molecule has 0 bridgehead atoms. The molecule has 0 aliphatic heterocycles. The first kappa shape index (κ1) is 12.7. The highest BCUT2D eigenvalue weighted by molar-refractivity contribution is 6.31. The first-order valence-corrected chi connectivity index (χ1v) is 6.16. The highest BCUT2D eigenvalue weighted by Gasteiger charge is 2.40. The number of nitrogens with two attached hydrogens (primary N) is 1. The quantitative estimate of drug-likeness (QED) is 0.903. The van der Waals surface area contributed by atoms with Gasteiger partial charge >= 0.3 is 0 Å². The normalized spacial score (nSPS) is 17.7. The number of halogens is 2. The third-order valence-corrected chi connectivity index (χ3v) is 4.15. The Hall–Kier alpha value is -0.800. The minimum Gasteiger partial charge on any atom is -0.496 e. The van der Waals surface area contributed by atoms with Crippen LogP contribution in [-0.2, 0) is 5.41 Å². The van der Waals surface area contributed by atoms with Crippen molar-refractivity contribution in [3.05, 3.63) is 28.0 Å². The van der Waals surface area contributed by atoms with E-state index in [1.165, 1.54) is 0 Å². The van der Waals surface area contributed by atoms with Crippen molar-refractivity contribution in [1.82, 2.24) is 0 Å². The van der Waals surface area contributed by atoms with Gasteiger partial charge in [0.1, 0.15) is 11.6 Å². The predicted octanol–water partition coefficient (Wildman–Crippen LogP) is 3.18. The maximum absolute atomic E-state index is 13.7. The van der Waals surface area contributed by atoms with E-state index in [1.807, 2.05) is 0 Å². The molecule has 1 fully saturated rings. The van der Waals surface area contributed by atoms with Gasteiger partial charge in [0, 0.05) is 23.1 Å². The molecule has 0 saturated heterocycles. The number of hydrogen-bond acceptors (Lipinski definition) is 2. The van der Waals surface area contributed by atoms with Crippen LogP contribution < -0.4 is 10.5 Å². The van der Waals surface area contributed by atoms with Gasteiger partial charge in [-0.1, -0.05) is 18.0 Å². The average molecular weight is 258 g/mol. The van der Waals surface area contributed by atoms with Gasteiger partial charge in [-0.05, 0) is 25.8 Å². The summed E-state index contributed by atoms with van der Waals surface area (Å²) in [4.78, 5) is 0. The Morgan fingerprint density at radius 2 is 2.18 bits per heavy atom. The van der Waals surface area contributed by atoms with Crippen LogP contribution in [0.1, 0.15) is 30.4 Å². The minimum absolute atomic E-state index is 0.0759. The third-order valence-electron chi connectivity index (χ3n) is 3.87. The van der Waals surface area contributed by atoms with Gasteiger partial charge in [0.05, 0.1) is 12.1 Å². The molecule has 0 atom stereocenters. The SMILES string of the molecule is COc1c(C2(CN)CCC2)cc(Cl)c(F)c1C. The fourth-order valence-electron chi connectivity index (χ4n) is 2.58. The van der Waals surface area contributed by atoms with Crippen LogP contribution in [0.2, 0.25) is 5.02 Å². The van der Waals surface area contributed by atoms with Crippen molar-refractivity contribution in [2.75, 3.05) is 13.7 Å². The number of ether oxygens (including phenoxy) is 1. The second-order valence-corrected chi connectivity index (χ2v) is 5.12. The Bertz CT molecular complexity index is 438. The van der Waals surface area contributed by atoms with Gasteiger partial charge in [0.15, 0.2) is 0 Å². The van der Waals surface area contributed by atoms with Crippen molar-refractivity contribution in [3.63, 3.8) is 0 Å². The molecule has 17 heavy (non-hydrogen) atoms. The molecule has 2 nitrogen and oxygen atoms in total. The van der Waals surface area contributed by atoms with E-state index >= 15 is 0 Å². The summed E-state index contributed by atoms with van der Waals surface area (Å²) in [5.74, 6) is 0.191. The Morgan fingerprint density at radius 1 is 1.53 bits per heavy atom. The minimum atomic E-state index is -0.404. The van der Waals surface area contributed by atoms with E-state index in [4.69, 9.17) is 22.1 Å². The highest BCUT2D eigenvalue weighted by Crippen LogP contribution is 2.48. The van der Waals surface area contributed by atoms with E-state index in [-0.39, 0.29) is 10.4 Å². The molecule has 0 unspecified atom stereocenters. The lowest BCUT2D eigenvalue weighted by molar-refractivity contribution is 0.242. The number of benzene rings is 1. The first-order chi connectivity index (χ1) is 8.05. The Kier molecular flexibility index (Phi) is 3.32. The number of rotatable bonds is 3. The monoisotopic (exact) mass is 257 g/mol. The van der Waals surface area contributed by atoms with Crippen molar-refractivity contribution in [2.24, 2.45) is 5.73 Å². The lowest BCUT2D eigenvalue weighted by Crippen LogP contribution is -2.42. The Balaban J connectivity index is 2.60. The summed E-state index contributed by atoms with van der Waals surface area (Å²) in [5, 5.41) is 0.151. The lowest BCUT2D eigenvalue weighted by Gasteiger charge is -2.42. The van der Waals surface area contributed by atoms with E-state index in [1.54, 1.807) is 20.1 Å². The zero-order valence-corrected chi connectivity index (χ0v) is 10.9. The average Bonchev–Trinajstić information content (AvgIpc) is 2.26. The number of hydrogen-bond donors (Lipinski definition) is 1. The van der Waals surface area contributed by atoms with Crippen LogP contribution in [0.4, 0.5) is 4.39 Å². The van der Waals surface area contributed by atoms with Crippen LogP contribution in [-0.4, -0.2) is 13.7 Å². The van der Waals surface area contributed by atoms with Crippen LogP contribution in [0.15, 0.2) is 6.07 Å². The molecule has 0 spiro atoms. The van der Waals surface area contributed by atoms with Crippen LogP contribution in [0.25, 0.3) is 0 Å². The molecule has 1 aromatic carbocycles. The molecule has 0 amide bonds. The molecular weight excluding hydrogens is 241 g/mol. The molecular formula is C13H17ClFNO. The van der Waals surface area contributed by atoms with Crippen LogP contribution in [0.5, 0.6) is 5.75 Å². The molecule has 1 saturated carbocycles. The lowest BCUT2D eigenvalue weighted by atomic mass is 9.64. The summed E-state index contributed by atoms with van der Waals surface area (Å²) in [6, 6.07) is 1.68. The summed E-state index contributed by atoms with van der Waals surface area (Å²) in [6.45, 7) is 2.23. The standard InChI is InChI=1S/C13H17ClFNO/c1-8-11(15)10(14)6-9(12(8)17-2)13(7-16)4-3-5-13/h6H,3-5,7,16H2,1-2H3. The van der Waals surface area contributed by atoms with Gasteiger partial charge in [-0.15, -0.1) is 0 Å². The van der Waals surface area contributed by atoms with Crippen molar-refractivity contribution >= 4 is 11.6 Å². The summed E-state index contributed by atoms with van der Waals surface area (Å²) >= 11 is 5.92. The Labute approximate surface area is 106 Å². The van der Waals surface area contributed by atoms with E-state index < -0.39 is 5.82 Å². The Morgan fingerprint density at radius 3 is 2.59 bits per heavy atom. The molecule has 2 rings (SSSR count). The molecule has 1 aliphatic carbocycles. The zero-order valence-electron chi connectivity index (χ0n) is 10.1. The van der Waals surface area contributed by atoms with E-state index in [0.717, 1.165) is 24.8 Å². The third kappa shape index (κ3) is 1.81. The van der Waals surface area contributed by atoms with E-state index in [2.05, 4.69) is 0 Å². The van der Waals surface area contributed by atoms with Crippen molar-refractivity contribution < 1.29 is 9.13 Å². The van der Waals surface area contributed by atoms with Gasteiger partial charge < -0.3 is 10.5 Å². The van der Waals surface area contributed by atoms with Gasteiger partial charge in [-0.3, -0.25) is 0 Å². The summed E-state index contributed by atoms with van der Waals surface area (Å²) < 4.78 is 19.1. The fraction of sp³-hybridized carbons (Fsp3) is 0.538. The van der Waals surface area contributed by atoms with Gasteiger partial charge in [0.2, 0.25) is 0 Å². The van der Waals surface area contributed by atoms with E-state index in [0.29, 0.717) is 17.9 Å². The topological polar surface area (TPSA) is 35.2 Å². The smallest absolute Gasteiger partial charge is 0.148 e. The van der Waals surface area contributed by atoms with Crippen LogP contribution in [0.3, 0.4) is 0 Å². The van der Waals surface area contributed by atoms with E-state index in [9.17, 15) is 4.39 Å². The summed E-state index contributed by atoms with van der Waals surface area (Å²) in [7, 11) is 1.56. The predicted molar refractivity (Wildman–Crippen MR) is 67.3 cm³/mol. The number of methoxy groups -OCH3 is 1. The van der Waals surface area contributed by atoms with Gasteiger partial charge in [-0.2, -0.15) is 0 Å². The first-order valence-electron chi connectivity index (χ1n) is 5.79. The molecule has 1 aliphatic rings. The molecule has 4 heteroatoms. The van der Waals surface area contributed by atoms with Crippen molar-refractivity contribution in [1.29, 1.82) is 0 Å². The molecule has 2 N–H and O–H groups in total. The molecule has 0 aromatic heterocycles. The highest BCUT2D eigenvalue weighted by atomic mass is 35.5. The molecule has 1 aromatic rings. The van der Waals surface area contributed by atoms with Crippen LogP contribution >= 0.6 is 11.6 Å².